The monoisotopic (exact) mass is 270 g/mol. The number of rotatable bonds is 2. The van der Waals surface area contributed by atoms with Crippen molar-refractivity contribution in [2.75, 3.05) is 0 Å². The lowest BCUT2D eigenvalue weighted by molar-refractivity contribution is 0.751. The van der Waals surface area contributed by atoms with E-state index in [-0.39, 0.29) is 11.6 Å². The molecule has 1 heterocycles. The first kappa shape index (κ1) is 14.5. The summed E-state index contributed by atoms with van der Waals surface area (Å²) in [5.74, 6) is 0. The maximum absolute atomic E-state index is 12.5. The molecule has 1 unspecified atom stereocenters. The van der Waals surface area contributed by atoms with E-state index in [1.165, 1.54) is 0 Å². The van der Waals surface area contributed by atoms with Crippen LogP contribution in [0.5, 0.6) is 0 Å². The van der Waals surface area contributed by atoms with Crippen LogP contribution in [0.2, 0.25) is 0 Å². The fourth-order valence-electron chi connectivity index (χ4n) is 2.63. The van der Waals surface area contributed by atoms with Crippen LogP contribution in [0.3, 0.4) is 0 Å². The highest BCUT2D eigenvalue weighted by molar-refractivity contribution is 5.41. The molecule has 0 aliphatic rings. The van der Waals surface area contributed by atoms with Gasteiger partial charge in [-0.2, -0.15) is 0 Å². The van der Waals surface area contributed by atoms with Crippen molar-refractivity contribution in [3.8, 4) is 0 Å². The number of nitrogens with zero attached hydrogens (tertiary/aromatic N) is 1. The molecule has 0 saturated heterocycles. The Morgan fingerprint density at radius 2 is 1.70 bits per heavy atom. The molecular formula is C17H22N2O. The molecule has 0 aliphatic carbocycles. The zero-order valence-electron chi connectivity index (χ0n) is 12.8. The van der Waals surface area contributed by atoms with Crippen molar-refractivity contribution in [1.29, 1.82) is 0 Å². The molecule has 2 rings (SSSR count). The Kier molecular flexibility index (Phi) is 3.82. The first-order chi connectivity index (χ1) is 9.32. The molecule has 0 bridgehead atoms. The predicted molar refractivity (Wildman–Crippen MR) is 83.1 cm³/mol. The van der Waals surface area contributed by atoms with Crippen LogP contribution >= 0.6 is 0 Å². The second-order valence-electron chi connectivity index (χ2n) is 5.58. The van der Waals surface area contributed by atoms with Gasteiger partial charge in [0.2, 0.25) is 0 Å². The maximum atomic E-state index is 12.5. The molecule has 0 aliphatic heterocycles. The molecule has 0 saturated carbocycles. The van der Waals surface area contributed by atoms with Crippen LogP contribution in [0.15, 0.2) is 29.1 Å². The Hall–Kier alpha value is -1.87. The lowest BCUT2D eigenvalue weighted by Crippen LogP contribution is -2.30. The molecule has 2 N–H and O–H groups in total. The molecule has 20 heavy (non-hydrogen) atoms. The summed E-state index contributed by atoms with van der Waals surface area (Å²) in [6, 6.07) is 7.82. The molecular weight excluding hydrogens is 248 g/mol. The van der Waals surface area contributed by atoms with E-state index in [2.05, 4.69) is 18.2 Å². The lowest BCUT2D eigenvalue weighted by atomic mass is 9.92. The van der Waals surface area contributed by atoms with Gasteiger partial charge >= 0.3 is 0 Å². The van der Waals surface area contributed by atoms with Crippen molar-refractivity contribution in [1.82, 2.24) is 4.57 Å². The minimum atomic E-state index is -0.380. The van der Waals surface area contributed by atoms with E-state index in [1.54, 1.807) is 11.6 Å². The summed E-state index contributed by atoms with van der Waals surface area (Å²) in [5.41, 5.74) is 12.3. The van der Waals surface area contributed by atoms with Gasteiger partial charge < -0.3 is 10.3 Å². The van der Waals surface area contributed by atoms with Gasteiger partial charge in [-0.05, 0) is 50.5 Å². The van der Waals surface area contributed by atoms with Crippen molar-refractivity contribution in [2.45, 2.75) is 33.7 Å². The zero-order chi connectivity index (χ0) is 15.0. The summed E-state index contributed by atoms with van der Waals surface area (Å²) in [6.45, 7) is 7.95. The fraction of sp³-hybridized carbons (Fsp3) is 0.353. The number of benzene rings is 1. The van der Waals surface area contributed by atoms with Gasteiger partial charge in [0.1, 0.15) is 0 Å². The van der Waals surface area contributed by atoms with Crippen LogP contribution < -0.4 is 11.3 Å². The van der Waals surface area contributed by atoms with E-state index in [9.17, 15) is 4.79 Å². The number of pyridine rings is 1. The highest BCUT2D eigenvalue weighted by Crippen LogP contribution is 2.24. The maximum Gasteiger partial charge on any atom is 0.255 e. The quantitative estimate of drug-likeness (QED) is 0.912. The molecule has 2 aromatic rings. The molecule has 0 fully saturated rings. The highest BCUT2D eigenvalue weighted by atomic mass is 16.1. The summed E-state index contributed by atoms with van der Waals surface area (Å²) in [4.78, 5) is 12.5. The smallest absolute Gasteiger partial charge is 0.255 e. The van der Waals surface area contributed by atoms with Crippen LogP contribution in [-0.4, -0.2) is 4.57 Å². The second-order valence-corrected chi connectivity index (χ2v) is 5.58. The number of nitrogens with two attached hydrogens (primary N) is 1. The molecule has 1 aromatic carbocycles. The Morgan fingerprint density at radius 1 is 1.05 bits per heavy atom. The minimum absolute atomic E-state index is 0.00379. The minimum Gasteiger partial charge on any atom is -0.320 e. The highest BCUT2D eigenvalue weighted by Gasteiger charge is 2.19. The molecule has 1 atom stereocenters. The number of aromatic nitrogens is 1. The van der Waals surface area contributed by atoms with Crippen molar-refractivity contribution in [3.63, 3.8) is 0 Å². The standard InChI is InChI=1S/C17H22N2O/c1-10-6-7-11(2)14(8-10)16(18)15-12(3)9-13(4)19(5)17(15)20/h6-9,16H,18H2,1-5H3. The van der Waals surface area contributed by atoms with Crippen LogP contribution in [0.1, 0.15) is 39.6 Å². The summed E-state index contributed by atoms with van der Waals surface area (Å²) < 4.78 is 1.66. The lowest BCUT2D eigenvalue weighted by Gasteiger charge is -2.19. The third kappa shape index (κ3) is 2.41. The van der Waals surface area contributed by atoms with Crippen LogP contribution in [0, 0.1) is 27.7 Å². The Labute approximate surface area is 120 Å². The SMILES string of the molecule is Cc1ccc(C)c(C(N)c2c(C)cc(C)n(C)c2=O)c1. The third-order valence-corrected chi connectivity index (χ3v) is 4.00. The van der Waals surface area contributed by atoms with E-state index < -0.39 is 0 Å². The zero-order valence-corrected chi connectivity index (χ0v) is 12.8. The topological polar surface area (TPSA) is 48.0 Å². The van der Waals surface area contributed by atoms with Gasteiger partial charge in [0.15, 0.2) is 0 Å². The summed E-state index contributed by atoms with van der Waals surface area (Å²) in [6.07, 6.45) is 0. The van der Waals surface area contributed by atoms with E-state index in [0.29, 0.717) is 5.56 Å². The van der Waals surface area contributed by atoms with Gasteiger partial charge in [0.25, 0.3) is 5.56 Å². The van der Waals surface area contributed by atoms with Crippen LogP contribution in [-0.2, 0) is 7.05 Å². The number of hydrogen-bond acceptors (Lipinski definition) is 2. The van der Waals surface area contributed by atoms with Crippen molar-refractivity contribution < 1.29 is 0 Å². The van der Waals surface area contributed by atoms with Gasteiger partial charge in [0, 0.05) is 18.3 Å². The molecule has 1 aromatic heterocycles. The van der Waals surface area contributed by atoms with Crippen molar-refractivity contribution in [2.24, 2.45) is 12.8 Å². The van der Waals surface area contributed by atoms with Gasteiger partial charge in [-0.25, -0.2) is 0 Å². The normalized spacial score (nSPS) is 12.5. The Bertz CT molecular complexity index is 714. The summed E-state index contributed by atoms with van der Waals surface area (Å²) >= 11 is 0. The fourth-order valence-corrected chi connectivity index (χ4v) is 2.63. The van der Waals surface area contributed by atoms with Crippen molar-refractivity contribution >= 4 is 0 Å². The van der Waals surface area contributed by atoms with E-state index >= 15 is 0 Å². The van der Waals surface area contributed by atoms with Gasteiger partial charge in [0.05, 0.1) is 6.04 Å². The summed E-state index contributed by atoms with van der Waals surface area (Å²) in [5, 5.41) is 0. The average molecular weight is 270 g/mol. The van der Waals surface area contributed by atoms with E-state index in [4.69, 9.17) is 5.73 Å². The Balaban J connectivity index is 2.65. The second kappa shape index (κ2) is 5.25. The average Bonchev–Trinajstić information content (AvgIpc) is 2.39. The van der Waals surface area contributed by atoms with Gasteiger partial charge in [-0.1, -0.05) is 23.8 Å². The van der Waals surface area contributed by atoms with Gasteiger partial charge in [-0.15, -0.1) is 0 Å². The molecule has 0 amide bonds. The first-order valence-corrected chi connectivity index (χ1v) is 6.82. The predicted octanol–water partition coefficient (Wildman–Crippen LogP) is 2.67. The van der Waals surface area contributed by atoms with Crippen LogP contribution in [0.4, 0.5) is 0 Å². The molecule has 3 nitrogen and oxygen atoms in total. The molecule has 0 spiro atoms. The van der Waals surface area contributed by atoms with Crippen molar-refractivity contribution in [3.05, 3.63) is 68.1 Å². The first-order valence-electron chi connectivity index (χ1n) is 6.82. The largest absolute Gasteiger partial charge is 0.320 e. The number of aryl methyl sites for hydroxylation is 4. The molecule has 3 heteroatoms. The number of hydrogen-bond donors (Lipinski definition) is 1. The van der Waals surface area contributed by atoms with Crippen LogP contribution in [0.25, 0.3) is 0 Å². The van der Waals surface area contributed by atoms with E-state index in [1.807, 2.05) is 33.8 Å². The van der Waals surface area contributed by atoms with Gasteiger partial charge in [-0.3, -0.25) is 4.79 Å². The Morgan fingerprint density at radius 3 is 2.35 bits per heavy atom. The van der Waals surface area contributed by atoms with E-state index in [0.717, 1.165) is 27.9 Å². The summed E-state index contributed by atoms with van der Waals surface area (Å²) in [7, 11) is 1.79. The third-order valence-electron chi connectivity index (χ3n) is 4.00. The molecule has 106 valence electrons. The molecule has 0 radical (unpaired) electrons.